The second-order valence-corrected chi connectivity index (χ2v) is 7.07. The maximum atomic E-state index is 12.5. The highest BCUT2D eigenvalue weighted by Gasteiger charge is 2.49. The van der Waals surface area contributed by atoms with Crippen LogP contribution in [-0.4, -0.2) is 18.0 Å². The van der Waals surface area contributed by atoms with Crippen LogP contribution in [0.15, 0.2) is 0 Å². The zero-order valence-electron chi connectivity index (χ0n) is 12.5. The molecule has 4 atom stereocenters. The van der Waals surface area contributed by atoms with E-state index in [1.807, 2.05) is 0 Å². The first-order valence-electron chi connectivity index (χ1n) is 8.25. The molecular weight excluding hydrogens is 272 g/mol. The quantitative estimate of drug-likeness (QED) is 0.842. The Morgan fingerprint density at radius 1 is 1.10 bits per heavy atom. The van der Waals surface area contributed by atoms with Gasteiger partial charge < -0.3 is 11.1 Å². The van der Waals surface area contributed by atoms with Gasteiger partial charge in [-0.3, -0.25) is 4.79 Å². The van der Waals surface area contributed by atoms with Crippen molar-refractivity contribution in [2.45, 2.75) is 70.4 Å². The zero-order valence-corrected chi connectivity index (χ0v) is 13.3. The van der Waals surface area contributed by atoms with E-state index in [4.69, 9.17) is 5.73 Å². The molecule has 0 radical (unpaired) electrons. The first-order valence-corrected chi connectivity index (χ1v) is 8.25. The van der Waals surface area contributed by atoms with E-state index in [0.717, 1.165) is 5.92 Å². The normalized spacial score (nSPS) is 43.1. The van der Waals surface area contributed by atoms with Gasteiger partial charge in [0.05, 0.1) is 5.92 Å². The minimum Gasteiger partial charge on any atom is -0.353 e. The van der Waals surface area contributed by atoms with Crippen molar-refractivity contribution in [1.29, 1.82) is 0 Å². The van der Waals surface area contributed by atoms with Gasteiger partial charge in [0.2, 0.25) is 5.91 Å². The van der Waals surface area contributed by atoms with Gasteiger partial charge in [0.15, 0.2) is 0 Å². The van der Waals surface area contributed by atoms with E-state index in [1.165, 1.54) is 51.4 Å². The average Bonchev–Trinajstić information content (AvgIpc) is 3.00. The summed E-state index contributed by atoms with van der Waals surface area (Å²) >= 11 is 0. The lowest BCUT2D eigenvalue weighted by Crippen LogP contribution is -2.48. The number of carbonyl (C=O) groups is 1. The van der Waals surface area contributed by atoms with Crippen LogP contribution in [0.5, 0.6) is 0 Å². The first kappa shape index (κ1) is 16.1. The summed E-state index contributed by atoms with van der Waals surface area (Å²) in [5.41, 5.74) is 6.25. The smallest absolute Gasteiger partial charge is 0.225 e. The van der Waals surface area contributed by atoms with Crippen molar-refractivity contribution in [1.82, 2.24) is 5.32 Å². The molecule has 0 saturated heterocycles. The predicted octanol–water partition coefficient (Wildman–Crippen LogP) is 2.87. The van der Waals surface area contributed by atoms with Gasteiger partial charge in [-0.2, -0.15) is 0 Å². The molecule has 0 heterocycles. The Hall–Kier alpha value is -0.280. The van der Waals surface area contributed by atoms with Crippen LogP contribution < -0.4 is 11.1 Å². The molecule has 0 aromatic rings. The second-order valence-electron chi connectivity index (χ2n) is 7.07. The topological polar surface area (TPSA) is 55.1 Å². The molecule has 2 bridgehead atoms. The molecular formula is C16H29ClN2O. The lowest BCUT2D eigenvalue weighted by molar-refractivity contribution is -0.128. The fourth-order valence-corrected chi connectivity index (χ4v) is 4.74. The van der Waals surface area contributed by atoms with E-state index in [2.05, 4.69) is 12.2 Å². The minimum absolute atomic E-state index is 0. The molecule has 0 aliphatic heterocycles. The Labute approximate surface area is 128 Å². The average molecular weight is 301 g/mol. The molecule has 3 rings (SSSR count). The van der Waals surface area contributed by atoms with Gasteiger partial charge >= 0.3 is 0 Å². The molecule has 1 amide bonds. The minimum atomic E-state index is 0. The van der Waals surface area contributed by atoms with Crippen LogP contribution >= 0.6 is 12.4 Å². The number of nitrogens with one attached hydrogen (secondary N) is 1. The van der Waals surface area contributed by atoms with E-state index in [0.29, 0.717) is 17.9 Å². The molecule has 0 aromatic heterocycles. The van der Waals surface area contributed by atoms with Crippen LogP contribution in [0.3, 0.4) is 0 Å². The van der Waals surface area contributed by atoms with Crippen LogP contribution in [-0.2, 0) is 4.79 Å². The van der Waals surface area contributed by atoms with Crippen LogP contribution in [0.2, 0.25) is 0 Å². The maximum Gasteiger partial charge on any atom is 0.225 e. The number of hydrogen-bond acceptors (Lipinski definition) is 2. The van der Waals surface area contributed by atoms with E-state index >= 15 is 0 Å². The van der Waals surface area contributed by atoms with E-state index in [1.54, 1.807) is 0 Å². The summed E-state index contributed by atoms with van der Waals surface area (Å²) in [6.07, 6.45) is 9.85. The number of fused-ring (bicyclic) bond motifs is 2. The fourth-order valence-electron chi connectivity index (χ4n) is 4.74. The van der Waals surface area contributed by atoms with Gasteiger partial charge in [0.25, 0.3) is 0 Å². The van der Waals surface area contributed by atoms with Gasteiger partial charge in [0.1, 0.15) is 0 Å². The Bertz CT molecular complexity index is 339. The number of halogens is 1. The highest BCUT2D eigenvalue weighted by atomic mass is 35.5. The Kier molecular flexibility index (Phi) is 5.36. The van der Waals surface area contributed by atoms with E-state index in [9.17, 15) is 4.79 Å². The molecule has 0 spiro atoms. The Balaban J connectivity index is 0.00000147. The molecule has 3 aliphatic rings. The molecule has 0 aromatic carbocycles. The summed E-state index contributed by atoms with van der Waals surface area (Å²) in [4.78, 5) is 12.5. The molecule has 3 saturated carbocycles. The third kappa shape index (κ3) is 2.99. The van der Waals surface area contributed by atoms with Gasteiger partial charge in [-0.05, 0) is 62.7 Å². The van der Waals surface area contributed by atoms with Crippen molar-refractivity contribution >= 4 is 18.3 Å². The maximum absolute atomic E-state index is 12.5. The van der Waals surface area contributed by atoms with E-state index < -0.39 is 0 Å². The highest BCUT2D eigenvalue weighted by molar-refractivity contribution is 5.85. The van der Waals surface area contributed by atoms with Crippen LogP contribution in [0.4, 0.5) is 0 Å². The molecule has 3 nitrogen and oxygen atoms in total. The molecule has 4 unspecified atom stereocenters. The van der Waals surface area contributed by atoms with Gasteiger partial charge in [-0.25, -0.2) is 0 Å². The lowest BCUT2D eigenvalue weighted by Gasteiger charge is -2.32. The predicted molar refractivity (Wildman–Crippen MR) is 83.7 cm³/mol. The fraction of sp³-hybridized carbons (Fsp3) is 0.938. The Morgan fingerprint density at radius 3 is 2.30 bits per heavy atom. The number of carbonyl (C=O) groups excluding carboxylic acids is 1. The molecule has 20 heavy (non-hydrogen) atoms. The van der Waals surface area contributed by atoms with E-state index in [-0.39, 0.29) is 30.3 Å². The zero-order chi connectivity index (χ0) is 13.4. The lowest BCUT2D eigenvalue weighted by atomic mass is 9.82. The molecule has 3 N–H and O–H groups in total. The van der Waals surface area contributed by atoms with Crippen molar-refractivity contribution < 1.29 is 4.79 Å². The largest absolute Gasteiger partial charge is 0.353 e. The Morgan fingerprint density at radius 2 is 1.75 bits per heavy atom. The molecule has 3 fully saturated rings. The van der Waals surface area contributed by atoms with Gasteiger partial charge in [-0.1, -0.05) is 13.3 Å². The number of amides is 1. The van der Waals surface area contributed by atoms with Crippen molar-refractivity contribution in [3.05, 3.63) is 0 Å². The molecule has 4 heteroatoms. The monoisotopic (exact) mass is 300 g/mol. The van der Waals surface area contributed by atoms with Crippen LogP contribution in [0.25, 0.3) is 0 Å². The van der Waals surface area contributed by atoms with Gasteiger partial charge in [-0.15, -0.1) is 12.4 Å². The summed E-state index contributed by atoms with van der Waals surface area (Å²) in [6.45, 7) is 2.28. The third-order valence-corrected chi connectivity index (χ3v) is 6.05. The van der Waals surface area contributed by atoms with Crippen LogP contribution in [0.1, 0.15) is 58.3 Å². The highest BCUT2D eigenvalue weighted by Crippen LogP contribution is 2.47. The summed E-state index contributed by atoms with van der Waals surface area (Å²) in [5, 5.41) is 3.30. The van der Waals surface area contributed by atoms with Crippen molar-refractivity contribution in [3.8, 4) is 0 Å². The molecule has 3 aliphatic carbocycles. The van der Waals surface area contributed by atoms with Gasteiger partial charge in [0, 0.05) is 12.1 Å². The number of rotatable bonds is 3. The summed E-state index contributed by atoms with van der Waals surface area (Å²) in [6, 6.07) is 0.548. The summed E-state index contributed by atoms with van der Waals surface area (Å²) in [5.74, 6) is 2.46. The molecule has 116 valence electrons. The van der Waals surface area contributed by atoms with Crippen LogP contribution in [0, 0.1) is 23.7 Å². The van der Waals surface area contributed by atoms with Crippen molar-refractivity contribution in [3.63, 3.8) is 0 Å². The standard InChI is InChI=1S/C16H28N2O.ClH/c1-2-10-3-7-13(8-4-10)18-16(19)14-11-5-6-12(9-11)15(14)17;/h10-15H,2-9,17H2,1H3,(H,18,19);1H. The SMILES string of the molecule is CCC1CCC(NC(=O)C2C3CCC(C3)C2N)CC1.Cl. The summed E-state index contributed by atoms with van der Waals surface area (Å²) in [7, 11) is 0. The summed E-state index contributed by atoms with van der Waals surface area (Å²) < 4.78 is 0. The third-order valence-electron chi connectivity index (χ3n) is 6.05. The first-order chi connectivity index (χ1) is 9.19. The second kappa shape index (κ2) is 6.65. The number of nitrogens with two attached hydrogens (primary N) is 1. The van der Waals surface area contributed by atoms with Crippen molar-refractivity contribution in [2.75, 3.05) is 0 Å². The van der Waals surface area contributed by atoms with Crippen molar-refractivity contribution in [2.24, 2.45) is 29.4 Å². The number of hydrogen-bond donors (Lipinski definition) is 2.